The van der Waals surface area contributed by atoms with Crippen molar-refractivity contribution in [2.75, 3.05) is 12.3 Å². The molecule has 1 aliphatic carbocycles. The molecule has 8 heteroatoms. The van der Waals surface area contributed by atoms with Gasteiger partial charge in [0.15, 0.2) is 0 Å². The number of rotatable bonds is 3. The summed E-state index contributed by atoms with van der Waals surface area (Å²) in [4.78, 5) is 36.3. The minimum absolute atomic E-state index is 0.0406. The number of aliphatic carboxylic acids is 1. The van der Waals surface area contributed by atoms with Crippen molar-refractivity contribution in [3.8, 4) is 0 Å². The molecule has 0 aromatic carbocycles. The van der Waals surface area contributed by atoms with Crippen LogP contribution in [0.4, 0.5) is 4.79 Å². The van der Waals surface area contributed by atoms with Crippen molar-refractivity contribution in [1.29, 1.82) is 0 Å². The Morgan fingerprint density at radius 1 is 1.40 bits per heavy atom. The molecule has 3 atom stereocenters. The van der Waals surface area contributed by atoms with Crippen molar-refractivity contribution >= 4 is 29.7 Å². The van der Waals surface area contributed by atoms with Crippen molar-refractivity contribution in [2.45, 2.75) is 36.7 Å². The molecular formula is C12H17N3O4S. The summed E-state index contributed by atoms with van der Waals surface area (Å²) < 4.78 is 0. The summed E-state index contributed by atoms with van der Waals surface area (Å²) >= 11 is 1.55. The zero-order valence-corrected chi connectivity index (χ0v) is 11.7. The molecular weight excluding hydrogens is 282 g/mol. The molecule has 3 amide bonds. The van der Waals surface area contributed by atoms with Crippen molar-refractivity contribution in [1.82, 2.24) is 15.5 Å². The van der Waals surface area contributed by atoms with Gasteiger partial charge in [0, 0.05) is 18.7 Å². The van der Waals surface area contributed by atoms with E-state index in [2.05, 4.69) is 10.6 Å². The van der Waals surface area contributed by atoms with Gasteiger partial charge in [-0.15, -0.1) is 11.8 Å². The molecule has 0 aromatic heterocycles. The third-order valence-corrected chi connectivity index (χ3v) is 5.35. The van der Waals surface area contributed by atoms with Crippen LogP contribution < -0.4 is 10.6 Å². The third-order valence-electron chi connectivity index (χ3n) is 3.88. The zero-order chi connectivity index (χ0) is 14.3. The van der Waals surface area contributed by atoms with Crippen LogP contribution in [0.15, 0.2) is 0 Å². The number of carbonyl (C=O) groups excluding carboxylic acids is 2. The maximum absolute atomic E-state index is 12.4. The smallest absolute Gasteiger partial charge is 0.327 e. The van der Waals surface area contributed by atoms with Crippen LogP contribution in [0.3, 0.4) is 0 Å². The molecule has 3 fully saturated rings. The van der Waals surface area contributed by atoms with Crippen molar-refractivity contribution in [3.63, 3.8) is 0 Å². The van der Waals surface area contributed by atoms with Crippen molar-refractivity contribution < 1.29 is 19.5 Å². The van der Waals surface area contributed by atoms with Crippen LogP contribution in [0.1, 0.15) is 19.3 Å². The number of carbonyl (C=O) groups is 3. The Morgan fingerprint density at radius 3 is 2.70 bits per heavy atom. The number of amides is 3. The molecule has 2 saturated heterocycles. The maximum Gasteiger partial charge on any atom is 0.327 e. The average Bonchev–Trinajstić information content (AvgIpc) is 3.00. The minimum Gasteiger partial charge on any atom is -0.480 e. The first kappa shape index (κ1) is 13.5. The quantitative estimate of drug-likeness (QED) is 0.671. The Kier molecular flexibility index (Phi) is 3.49. The zero-order valence-electron chi connectivity index (χ0n) is 10.9. The second-order valence-electron chi connectivity index (χ2n) is 5.48. The second-order valence-corrected chi connectivity index (χ2v) is 6.63. The molecule has 0 spiro atoms. The standard InChI is InChI=1S/C12H17N3O4S/c16-9-3-7(4-13-9)14-12(19)15-8(11(17)18)5-20-10(15)6-1-2-6/h6-8,10H,1-5H2,(H,13,16)(H,14,19)(H,17,18). The first-order valence-corrected chi connectivity index (χ1v) is 7.81. The summed E-state index contributed by atoms with van der Waals surface area (Å²) in [5, 5.41) is 14.6. The molecule has 7 nitrogen and oxygen atoms in total. The topological polar surface area (TPSA) is 98.7 Å². The highest BCUT2D eigenvalue weighted by atomic mass is 32.2. The van der Waals surface area contributed by atoms with Gasteiger partial charge >= 0.3 is 12.0 Å². The van der Waals surface area contributed by atoms with E-state index < -0.39 is 12.0 Å². The van der Waals surface area contributed by atoms with Crippen molar-refractivity contribution in [3.05, 3.63) is 0 Å². The molecule has 1 saturated carbocycles. The second kappa shape index (κ2) is 5.16. The van der Waals surface area contributed by atoms with Gasteiger partial charge < -0.3 is 15.7 Å². The van der Waals surface area contributed by atoms with E-state index in [4.69, 9.17) is 0 Å². The van der Waals surface area contributed by atoms with Crippen LogP contribution in [0, 0.1) is 5.92 Å². The number of thioether (sulfide) groups is 1. The number of hydrogen-bond donors (Lipinski definition) is 3. The summed E-state index contributed by atoms with van der Waals surface area (Å²) in [5.74, 6) is -0.194. The number of urea groups is 1. The lowest BCUT2D eigenvalue weighted by atomic mass is 10.2. The van der Waals surface area contributed by atoms with Crippen LogP contribution in [0.25, 0.3) is 0 Å². The predicted octanol–water partition coefficient (Wildman–Crippen LogP) is -0.177. The minimum atomic E-state index is -0.962. The summed E-state index contributed by atoms with van der Waals surface area (Å²) in [6.45, 7) is 0.414. The molecule has 2 aliphatic heterocycles. The largest absolute Gasteiger partial charge is 0.480 e. The van der Waals surface area contributed by atoms with E-state index in [0.29, 0.717) is 18.2 Å². The van der Waals surface area contributed by atoms with Gasteiger partial charge in [-0.1, -0.05) is 0 Å². The number of carboxylic acids is 1. The van der Waals surface area contributed by atoms with Gasteiger partial charge in [0.1, 0.15) is 6.04 Å². The lowest BCUT2D eigenvalue weighted by Gasteiger charge is -2.28. The SMILES string of the molecule is O=C1CC(NC(=O)N2C(C(=O)O)CSC2C2CC2)CN1. The van der Waals surface area contributed by atoms with Gasteiger partial charge in [-0.3, -0.25) is 9.69 Å². The lowest BCUT2D eigenvalue weighted by Crippen LogP contribution is -2.53. The van der Waals surface area contributed by atoms with Crippen LogP contribution in [-0.4, -0.2) is 57.7 Å². The molecule has 3 aliphatic rings. The molecule has 3 N–H and O–H groups in total. The first-order valence-electron chi connectivity index (χ1n) is 6.76. The Bertz CT molecular complexity index is 454. The number of carboxylic acid groups (broad SMARTS) is 1. The molecule has 3 unspecified atom stereocenters. The fourth-order valence-corrected chi connectivity index (χ4v) is 4.31. The Hall–Kier alpha value is -1.44. The predicted molar refractivity (Wildman–Crippen MR) is 72.2 cm³/mol. The summed E-state index contributed by atoms with van der Waals surface area (Å²) in [5.41, 5.74) is 0. The molecule has 3 rings (SSSR count). The number of nitrogens with zero attached hydrogens (tertiary/aromatic N) is 1. The first-order chi connectivity index (χ1) is 9.56. The van der Waals surface area contributed by atoms with Crippen LogP contribution in [-0.2, 0) is 9.59 Å². The van der Waals surface area contributed by atoms with E-state index >= 15 is 0 Å². The van der Waals surface area contributed by atoms with E-state index in [0.717, 1.165) is 12.8 Å². The molecule has 110 valence electrons. The van der Waals surface area contributed by atoms with Crippen LogP contribution >= 0.6 is 11.8 Å². The molecule has 0 aromatic rings. The molecule has 0 radical (unpaired) electrons. The maximum atomic E-state index is 12.4. The fourth-order valence-electron chi connectivity index (χ4n) is 2.68. The van der Waals surface area contributed by atoms with Gasteiger partial charge in [0.25, 0.3) is 0 Å². The molecule has 2 heterocycles. The number of hydrogen-bond acceptors (Lipinski definition) is 4. The van der Waals surface area contributed by atoms with E-state index in [-0.39, 0.29) is 29.8 Å². The lowest BCUT2D eigenvalue weighted by molar-refractivity contribution is -0.141. The van der Waals surface area contributed by atoms with Gasteiger partial charge in [0.2, 0.25) is 5.91 Å². The van der Waals surface area contributed by atoms with Gasteiger partial charge in [0.05, 0.1) is 11.4 Å². The molecule has 20 heavy (non-hydrogen) atoms. The summed E-state index contributed by atoms with van der Waals surface area (Å²) in [6, 6.07) is -1.37. The number of nitrogens with one attached hydrogen (secondary N) is 2. The highest BCUT2D eigenvalue weighted by molar-refractivity contribution is 8.00. The highest BCUT2D eigenvalue weighted by Gasteiger charge is 2.48. The Balaban J connectivity index is 1.68. The average molecular weight is 299 g/mol. The monoisotopic (exact) mass is 299 g/mol. The normalized spacial score (nSPS) is 33.1. The Labute approximate surface area is 120 Å². The summed E-state index contributed by atoms with van der Waals surface area (Å²) in [6.07, 6.45) is 2.37. The van der Waals surface area contributed by atoms with E-state index in [1.165, 1.54) is 4.90 Å². The van der Waals surface area contributed by atoms with Gasteiger partial charge in [-0.2, -0.15) is 0 Å². The summed E-state index contributed by atoms with van der Waals surface area (Å²) in [7, 11) is 0. The third kappa shape index (κ3) is 2.56. The fraction of sp³-hybridized carbons (Fsp3) is 0.750. The molecule has 0 bridgehead atoms. The van der Waals surface area contributed by atoms with E-state index in [9.17, 15) is 19.5 Å². The Morgan fingerprint density at radius 2 is 2.15 bits per heavy atom. The van der Waals surface area contributed by atoms with Crippen LogP contribution in [0.5, 0.6) is 0 Å². The van der Waals surface area contributed by atoms with Crippen molar-refractivity contribution in [2.24, 2.45) is 5.92 Å². The highest BCUT2D eigenvalue weighted by Crippen LogP contribution is 2.45. The van der Waals surface area contributed by atoms with Crippen LogP contribution in [0.2, 0.25) is 0 Å². The van der Waals surface area contributed by atoms with E-state index in [1.54, 1.807) is 11.8 Å². The van der Waals surface area contributed by atoms with Gasteiger partial charge in [-0.25, -0.2) is 9.59 Å². The van der Waals surface area contributed by atoms with Gasteiger partial charge in [-0.05, 0) is 18.8 Å². The van der Waals surface area contributed by atoms with E-state index in [1.807, 2.05) is 0 Å².